The Kier molecular flexibility index (Phi) is 6.06. The molecule has 0 N–H and O–H groups in total. The average molecular weight is 404 g/mol. The number of hydrogen-bond acceptors (Lipinski definition) is 7. The van der Waals surface area contributed by atoms with Gasteiger partial charge in [0.1, 0.15) is 11.3 Å². The molecule has 3 rings (SSSR count). The summed E-state index contributed by atoms with van der Waals surface area (Å²) in [6.45, 7) is -0.135. The largest absolute Gasteiger partial charge is 0.496 e. The number of nitrogens with zero attached hydrogens (tertiary/aromatic N) is 1. The van der Waals surface area contributed by atoms with Gasteiger partial charge in [0.25, 0.3) is 0 Å². The van der Waals surface area contributed by atoms with E-state index in [1.165, 1.54) is 27.4 Å². The number of ether oxygens (including phenoxy) is 4. The van der Waals surface area contributed by atoms with E-state index < -0.39 is 5.97 Å². The number of aromatic nitrogens is 1. The zero-order chi connectivity index (χ0) is 20.1. The van der Waals surface area contributed by atoms with Crippen molar-refractivity contribution in [3.05, 3.63) is 59.1 Å². The normalized spacial score (nSPS) is 10.4. The first kappa shape index (κ1) is 19.6. The van der Waals surface area contributed by atoms with Crippen molar-refractivity contribution in [3.8, 4) is 28.6 Å². The van der Waals surface area contributed by atoms with E-state index in [0.717, 1.165) is 5.56 Å². The Morgan fingerprint density at radius 3 is 2.29 bits per heavy atom. The Labute approximate surface area is 166 Å². The van der Waals surface area contributed by atoms with Crippen LogP contribution in [0.25, 0.3) is 11.3 Å². The van der Waals surface area contributed by atoms with Gasteiger partial charge in [0, 0.05) is 22.7 Å². The molecule has 2 aromatic carbocycles. The maximum atomic E-state index is 12.5. The predicted molar refractivity (Wildman–Crippen MR) is 102 cm³/mol. The Bertz CT molecular complexity index is 967. The van der Waals surface area contributed by atoms with Crippen molar-refractivity contribution < 1.29 is 28.2 Å². The summed E-state index contributed by atoms with van der Waals surface area (Å²) in [6.07, 6.45) is 1.56. The van der Waals surface area contributed by atoms with Crippen molar-refractivity contribution in [1.82, 2.24) is 4.98 Å². The second-order valence-electron chi connectivity index (χ2n) is 5.61. The van der Waals surface area contributed by atoms with E-state index in [-0.39, 0.29) is 18.1 Å². The van der Waals surface area contributed by atoms with Gasteiger partial charge in [0.05, 0.1) is 27.5 Å². The van der Waals surface area contributed by atoms with Gasteiger partial charge in [-0.15, -0.1) is 0 Å². The molecule has 1 heterocycles. The zero-order valence-electron chi connectivity index (χ0n) is 15.5. The fraction of sp³-hybridized carbons (Fsp3) is 0.200. The molecule has 0 spiro atoms. The minimum Gasteiger partial charge on any atom is -0.496 e. The average Bonchev–Trinajstić information content (AvgIpc) is 3.20. The Morgan fingerprint density at radius 2 is 1.64 bits per heavy atom. The maximum absolute atomic E-state index is 12.5. The van der Waals surface area contributed by atoms with E-state index >= 15 is 0 Å². The van der Waals surface area contributed by atoms with Gasteiger partial charge >= 0.3 is 5.97 Å². The van der Waals surface area contributed by atoms with E-state index in [4.69, 9.17) is 35.0 Å². The number of rotatable bonds is 7. The summed E-state index contributed by atoms with van der Waals surface area (Å²) in [5, 5.41) is 0.626. The van der Waals surface area contributed by atoms with E-state index in [1.807, 2.05) is 12.1 Å². The molecule has 0 fully saturated rings. The van der Waals surface area contributed by atoms with Crippen LogP contribution in [-0.2, 0) is 11.3 Å². The molecule has 7 nitrogen and oxygen atoms in total. The predicted octanol–water partition coefficient (Wildman–Crippen LogP) is 4.38. The molecule has 0 aliphatic carbocycles. The third-order valence-electron chi connectivity index (χ3n) is 3.93. The highest BCUT2D eigenvalue weighted by atomic mass is 35.5. The van der Waals surface area contributed by atoms with Crippen LogP contribution in [0.3, 0.4) is 0 Å². The quantitative estimate of drug-likeness (QED) is 0.541. The molecule has 0 amide bonds. The van der Waals surface area contributed by atoms with Crippen LogP contribution in [0.5, 0.6) is 17.2 Å². The molecule has 28 heavy (non-hydrogen) atoms. The van der Waals surface area contributed by atoms with Crippen LogP contribution in [0.4, 0.5) is 0 Å². The maximum Gasteiger partial charge on any atom is 0.342 e. The van der Waals surface area contributed by atoms with Gasteiger partial charge in [-0.2, -0.15) is 0 Å². The molecule has 0 saturated heterocycles. The van der Waals surface area contributed by atoms with Crippen molar-refractivity contribution in [2.75, 3.05) is 21.3 Å². The topological polar surface area (TPSA) is 80.0 Å². The Morgan fingerprint density at radius 1 is 1.00 bits per heavy atom. The number of halogens is 1. The summed E-state index contributed by atoms with van der Waals surface area (Å²) in [5.74, 6) is 1.33. The van der Waals surface area contributed by atoms with Crippen LogP contribution in [0, 0.1) is 0 Å². The van der Waals surface area contributed by atoms with E-state index in [9.17, 15) is 4.79 Å². The van der Waals surface area contributed by atoms with Crippen molar-refractivity contribution in [1.29, 1.82) is 0 Å². The van der Waals surface area contributed by atoms with E-state index in [2.05, 4.69) is 4.98 Å². The fourth-order valence-electron chi connectivity index (χ4n) is 2.52. The second kappa shape index (κ2) is 8.67. The standard InChI is InChI=1S/C20H18ClNO6/c1-24-15-9-17(26-3)16(25-2)8-14(15)20(23)27-11-19-22-10-18(28-19)12-4-6-13(21)7-5-12/h4-10H,11H2,1-3H3. The van der Waals surface area contributed by atoms with Gasteiger partial charge in [0.2, 0.25) is 5.89 Å². The summed E-state index contributed by atoms with van der Waals surface area (Å²) in [6, 6.07) is 10.2. The molecule has 0 unspecified atom stereocenters. The van der Waals surface area contributed by atoms with Crippen LogP contribution in [0.15, 0.2) is 47.0 Å². The number of oxazole rings is 1. The molecule has 0 atom stereocenters. The van der Waals surface area contributed by atoms with Gasteiger partial charge in [-0.25, -0.2) is 9.78 Å². The fourth-order valence-corrected chi connectivity index (χ4v) is 2.64. The van der Waals surface area contributed by atoms with Crippen LogP contribution in [0.2, 0.25) is 5.02 Å². The lowest BCUT2D eigenvalue weighted by Crippen LogP contribution is -2.08. The van der Waals surface area contributed by atoms with Gasteiger partial charge in [-0.1, -0.05) is 11.6 Å². The second-order valence-corrected chi connectivity index (χ2v) is 6.05. The highest BCUT2D eigenvalue weighted by molar-refractivity contribution is 6.30. The smallest absolute Gasteiger partial charge is 0.342 e. The van der Waals surface area contributed by atoms with Crippen LogP contribution in [0.1, 0.15) is 16.2 Å². The number of carbonyl (C=O) groups is 1. The van der Waals surface area contributed by atoms with Crippen LogP contribution in [-0.4, -0.2) is 32.3 Å². The van der Waals surface area contributed by atoms with Gasteiger partial charge in [-0.05, 0) is 24.3 Å². The summed E-state index contributed by atoms with van der Waals surface area (Å²) < 4.78 is 26.6. The lowest BCUT2D eigenvalue weighted by Gasteiger charge is -2.13. The number of hydrogen-bond donors (Lipinski definition) is 0. The molecule has 0 bridgehead atoms. The first-order valence-corrected chi connectivity index (χ1v) is 8.61. The van der Waals surface area contributed by atoms with E-state index in [0.29, 0.717) is 28.0 Å². The molecule has 1 aromatic heterocycles. The number of methoxy groups -OCH3 is 3. The molecule has 0 radical (unpaired) electrons. The first-order valence-electron chi connectivity index (χ1n) is 8.23. The first-order chi connectivity index (χ1) is 13.5. The molecular formula is C20H18ClNO6. The molecule has 3 aromatic rings. The van der Waals surface area contributed by atoms with Crippen molar-refractivity contribution in [3.63, 3.8) is 0 Å². The number of benzene rings is 2. The third kappa shape index (κ3) is 4.20. The lowest BCUT2D eigenvalue weighted by molar-refractivity contribution is 0.0435. The highest BCUT2D eigenvalue weighted by Crippen LogP contribution is 2.35. The van der Waals surface area contributed by atoms with Gasteiger partial charge in [0.15, 0.2) is 23.9 Å². The molecule has 146 valence electrons. The highest BCUT2D eigenvalue weighted by Gasteiger charge is 2.20. The van der Waals surface area contributed by atoms with Crippen molar-refractivity contribution in [2.24, 2.45) is 0 Å². The van der Waals surface area contributed by atoms with E-state index in [1.54, 1.807) is 24.4 Å². The minimum atomic E-state index is -0.607. The summed E-state index contributed by atoms with van der Waals surface area (Å²) >= 11 is 5.88. The van der Waals surface area contributed by atoms with Crippen LogP contribution >= 0.6 is 11.6 Å². The summed E-state index contributed by atoms with van der Waals surface area (Å²) in [5.41, 5.74) is 1.01. The third-order valence-corrected chi connectivity index (χ3v) is 4.19. The SMILES string of the molecule is COc1cc(OC)c(C(=O)OCc2ncc(-c3ccc(Cl)cc3)o2)cc1OC. The molecular weight excluding hydrogens is 386 g/mol. The Balaban J connectivity index is 1.73. The van der Waals surface area contributed by atoms with Crippen molar-refractivity contribution in [2.45, 2.75) is 6.61 Å². The molecule has 0 saturated carbocycles. The Hall–Kier alpha value is -3.19. The lowest BCUT2D eigenvalue weighted by atomic mass is 10.1. The molecule has 8 heteroatoms. The van der Waals surface area contributed by atoms with Gasteiger partial charge < -0.3 is 23.4 Å². The molecule has 0 aliphatic rings. The minimum absolute atomic E-state index is 0.135. The zero-order valence-corrected chi connectivity index (χ0v) is 16.3. The van der Waals surface area contributed by atoms with Crippen molar-refractivity contribution >= 4 is 17.6 Å². The van der Waals surface area contributed by atoms with Gasteiger partial charge in [-0.3, -0.25) is 0 Å². The number of carbonyl (C=O) groups excluding carboxylic acids is 1. The number of esters is 1. The monoisotopic (exact) mass is 403 g/mol. The summed E-state index contributed by atoms with van der Waals surface area (Å²) in [7, 11) is 4.42. The molecule has 0 aliphatic heterocycles. The summed E-state index contributed by atoms with van der Waals surface area (Å²) in [4.78, 5) is 16.6. The van der Waals surface area contributed by atoms with Crippen LogP contribution < -0.4 is 14.2 Å².